The summed E-state index contributed by atoms with van der Waals surface area (Å²) in [6.07, 6.45) is 3.81. The van der Waals surface area contributed by atoms with Gasteiger partial charge in [0.1, 0.15) is 5.58 Å². The molecule has 1 aromatic carbocycles. The highest BCUT2D eigenvalue weighted by Crippen LogP contribution is 2.26. The number of piperidine rings is 1. The van der Waals surface area contributed by atoms with Gasteiger partial charge in [-0.25, -0.2) is 4.79 Å². The average Bonchev–Trinajstić information content (AvgIpc) is 2.42. The molecule has 0 bridgehead atoms. The van der Waals surface area contributed by atoms with Crippen molar-refractivity contribution in [3.05, 3.63) is 45.3 Å². The predicted octanol–water partition coefficient (Wildman–Crippen LogP) is 3.78. The molecule has 0 spiro atoms. The van der Waals surface area contributed by atoms with Crippen LogP contribution in [0.3, 0.4) is 0 Å². The van der Waals surface area contributed by atoms with Crippen LogP contribution >= 0.6 is 0 Å². The van der Waals surface area contributed by atoms with Crippen molar-refractivity contribution in [3.63, 3.8) is 0 Å². The Hall–Kier alpha value is -1.61. The zero-order valence-corrected chi connectivity index (χ0v) is 13.1. The Morgan fingerprint density at radius 2 is 2.05 bits per heavy atom. The fourth-order valence-corrected chi connectivity index (χ4v) is 3.42. The van der Waals surface area contributed by atoms with E-state index >= 15 is 0 Å². The van der Waals surface area contributed by atoms with Crippen LogP contribution in [0.1, 0.15) is 42.9 Å². The Morgan fingerprint density at radius 3 is 2.81 bits per heavy atom. The smallest absolute Gasteiger partial charge is 0.336 e. The molecule has 1 atom stereocenters. The van der Waals surface area contributed by atoms with Crippen LogP contribution < -0.4 is 5.63 Å². The first-order chi connectivity index (χ1) is 10.0. The van der Waals surface area contributed by atoms with Gasteiger partial charge in [-0.15, -0.1) is 0 Å². The summed E-state index contributed by atoms with van der Waals surface area (Å²) in [4.78, 5) is 14.4. The van der Waals surface area contributed by atoms with E-state index in [1.807, 2.05) is 6.92 Å². The maximum atomic E-state index is 11.9. The summed E-state index contributed by atoms with van der Waals surface area (Å²) in [7, 11) is 0. The first-order valence-corrected chi connectivity index (χ1v) is 7.82. The first kappa shape index (κ1) is 14.3. The van der Waals surface area contributed by atoms with E-state index in [0.717, 1.165) is 35.2 Å². The Balaban J connectivity index is 2.06. The largest absolute Gasteiger partial charge is 0.422 e. The van der Waals surface area contributed by atoms with E-state index in [1.54, 1.807) is 6.07 Å². The standard InChI is InChI=1S/C18H23NO2/c1-12-8-13(2)18-16(9-12)15(10-17(20)21-18)11-19-7-5-4-6-14(19)3/h8-10,14H,4-7,11H2,1-3H3/t14-/m0/s1. The van der Waals surface area contributed by atoms with Gasteiger partial charge in [0.15, 0.2) is 0 Å². The summed E-state index contributed by atoms with van der Waals surface area (Å²) in [6.45, 7) is 8.33. The van der Waals surface area contributed by atoms with Crippen LogP contribution in [0.4, 0.5) is 0 Å². The highest BCUT2D eigenvalue weighted by atomic mass is 16.4. The maximum Gasteiger partial charge on any atom is 0.336 e. The van der Waals surface area contributed by atoms with Gasteiger partial charge in [0, 0.05) is 24.0 Å². The van der Waals surface area contributed by atoms with E-state index < -0.39 is 0 Å². The van der Waals surface area contributed by atoms with E-state index in [-0.39, 0.29) is 5.63 Å². The lowest BCUT2D eigenvalue weighted by Crippen LogP contribution is -2.37. The minimum Gasteiger partial charge on any atom is -0.422 e. The van der Waals surface area contributed by atoms with Crippen LogP contribution in [0.5, 0.6) is 0 Å². The molecule has 0 radical (unpaired) electrons. The summed E-state index contributed by atoms with van der Waals surface area (Å²) in [5.74, 6) is 0. The molecule has 1 saturated heterocycles. The highest BCUT2D eigenvalue weighted by molar-refractivity contribution is 5.83. The van der Waals surface area contributed by atoms with E-state index in [4.69, 9.17) is 4.42 Å². The Kier molecular flexibility index (Phi) is 3.85. The monoisotopic (exact) mass is 285 g/mol. The number of fused-ring (bicyclic) bond motifs is 1. The molecule has 2 aromatic rings. The lowest BCUT2D eigenvalue weighted by atomic mass is 10.00. The van der Waals surface area contributed by atoms with Crippen molar-refractivity contribution < 1.29 is 4.42 Å². The van der Waals surface area contributed by atoms with Gasteiger partial charge in [-0.3, -0.25) is 4.90 Å². The molecule has 0 aliphatic carbocycles. The molecule has 0 unspecified atom stereocenters. The Labute approximate surface area is 125 Å². The SMILES string of the molecule is Cc1cc(C)c2oc(=O)cc(CN3CCCC[C@@H]3C)c2c1. The second-order valence-electron chi connectivity index (χ2n) is 6.36. The molecular formula is C18H23NO2. The first-order valence-electron chi connectivity index (χ1n) is 7.82. The number of hydrogen-bond acceptors (Lipinski definition) is 3. The van der Waals surface area contributed by atoms with Crippen LogP contribution in [0.2, 0.25) is 0 Å². The third-order valence-corrected chi connectivity index (χ3v) is 4.57. The number of likely N-dealkylation sites (tertiary alicyclic amines) is 1. The molecule has 0 amide bonds. The summed E-state index contributed by atoms with van der Waals surface area (Å²) < 4.78 is 5.43. The van der Waals surface area contributed by atoms with E-state index in [1.165, 1.54) is 24.8 Å². The van der Waals surface area contributed by atoms with Crippen molar-refractivity contribution in [1.82, 2.24) is 4.90 Å². The number of aryl methyl sites for hydroxylation is 2. The molecule has 3 rings (SSSR count). The second-order valence-corrected chi connectivity index (χ2v) is 6.36. The summed E-state index contributed by atoms with van der Waals surface area (Å²) >= 11 is 0. The molecule has 0 N–H and O–H groups in total. The van der Waals surface area contributed by atoms with Gasteiger partial charge in [-0.2, -0.15) is 0 Å². The lowest BCUT2D eigenvalue weighted by molar-refractivity contribution is 0.153. The van der Waals surface area contributed by atoms with Gasteiger partial charge in [0.25, 0.3) is 0 Å². The molecule has 21 heavy (non-hydrogen) atoms. The van der Waals surface area contributed by atoms with Gasteiger partial charge in [-0.05, 0) is 62.9 Å². The zero-order valence-electron chi connectivity index (χ0n) is 13.1. The summed E-state index contributed by atoms with van der Waals surface area (Å²) in [6, 6.07) is 6.46. The zero-order chi connectivity index (χ0) is 15.0. The van der Waals surface area contributed by atoms with Crippen LogP contribution in [0, 0.1) is 13.8 Å². The van der Waals surface area contributed by atoms with Crippen LogP contribution in [-0.4, -0.2) is 17.5 Å². The van der Waals surface area contributed by atoms with Crippen molar-refractivity contribution in [2.45, 2.75) is 52.6 Å². The third-order valence-electron chi connectivity index (χ3n) is 4.57. The molecule has 2 heterocycles. The quantitative estimate of drug-likeness (QED) is 0.787. The fourth-order valence-electron chi connectivity index (χ4n) is 3.42. The van der Waals surface area contributed by atoms with E-state index in [9.17, 15) is 4.79 Å². The maximum absolute atomic E-state index is 11.9. The molecule has 112 valence electrons. The number of hydrogen-bond donors (Lipinski definition) is 0. The fraction of sp³-hybridized carbons (Fsp3) is 0.500. The molecule has 1 aromatic heterocycles. The average molecular weight is 285 g/mol. The Morgan fingerprint density at radius 1 is 1.24 bits per heavy atom. The lowest BCUT2D eigenvalue weighted by Gasteiger charge is -2.33. The predicted molar refractivity (Wildman–Crippen MR) is 85.7 cm³/mol. The van der Waals surface area contributed by atoms with Gasteiger partial charge in [0.2, 0.25) is 0 Å². The number of nitrogens with zero attached hydrogens (tertiary/aromatic N) is 1. The molecule has 3 nitrogen and oxygen atoms in total. The van der Waals surface area contributed by atoms with E-state index in [0.29, 0.717) is 6.04 Å². The van der Waals surface area contributed by atoms with Crippen LogP contribution in [-0.2, 0) is 6.54 Å². The normalized spacial score (nSPS) is 20.0. The van der Waals surface area contributed by atoms with Crippen molar-refractivity contribution >= 4 is 11.0 Å². The second kappa shape index (κ2) is 5.64. The minimum atomic E-state index is -0.242. The van der Waals surface area contributed by atoms with Gasteiger partial charge in [-0.1, -0.05) is 12.5 Å². The molecule has 1 aliphatic rings. The van der Waals surface area contributed by atoms with Crippen molar-refractivity contribution in [3.8, 4) is 0 Å². The van der Waals surface area contributed by atoms with Gasteiger partial charge >= 0.3 is 5.63 Å². The number of benzene rings is 1. The minimum absolute atomic E-state index is 0.242. The molecule has 1 fully saturated rings. The third kappa shape index (κ3) is 2.88. The Bertz CT molecular complexity index is 717. The topological polar surface area (TPSA) is 33.5 Å². The van der Waals surface area contributed by atoms with Crippen LogP contribution in [0.25, 0.3) is 11.0 Å². The summed E-state index contributed by atoms with van der Waals surface area (Å²) in [5.41, 5.74) is 3.85. The van der Waals surface area contributed by atoms with Gasteiger partial charge in [0.05, 0.1) is 0 Å². The van der Waals surface area contributed by atoms with Crippen LogP contribution in [0.15, 0.2) is 27.4 Å². The van der Waals surface area contributed by atoms with Crippen molar-refractivity contribution in [1.29, 1.82) is 0 Å². The summed E-state index contributed by atoms with van der Waals surface area (Å²) in [5, 5.41) is 1.09. The molecular weight excluding hydrogens is 262 g/mol. The van der Waals surface area contributed by atoms with Gasteiger partial charge < -0.3 is 4.42 Å². The molecule has 3 heteroatoms. The molecule has 1 aliphatic heterocycles. The molecule has 0 saturated carbocycles. The van der Waals surface area contributed by atoms with E-state index in [2.05, 4.69) is 30.9 Å². The number of rotatable bonds is 2. The van der Waals surface area contributed by atoms with Crippen molar-refractivity contribution in [2.75, 3.05) is 6.54 Å². The van der Waals surface area contributed by atoms with Crippen molar-refractivity contribution in [2.24, 2.45) is 0 Å². The highest BCUT2D eigenvalue weighted by Gasteiger charge is 2.20.